The van der Waals surface area contributed by atoms with E-state index >= 15 is 0 Å². The number of thioether (sulfide) groups is 1. The summed E-state index contributed by atoms with van der Waals surface area (Å²) in [4.78, 5) is 12.5. The first-order chi connectivity index (χ1) is 11.2. The first kappa shape index (κ1) is 16.3. The Balaban J connectivity index is 1.63. The lowest BCUT2D eigenvalue weighted by Crippen LogP contribution is -2.35. The average molecular weight is 348 g/mol. The van der Waals surface area contributed by atoms with Gasteiger partial charge in [-0.25, -0.2) is 0 Å². The van der Waals surface area contributed by atoms with Crippen molar-refractivity contribution in [1.82, 2.24) is 15.5 Å². The van der Waals surface area contributed by atoms with Crippen molar-refractivity contribution in [2.45, 2.75) is 41.8 Å². The molecule has 3 rings (SSSR count). The Labute approximate surface area is 144 Å². The zero-order chi connectivity index (χ0) is 16.2. The summed E-state index contributed by atoms with van der Waals surface area (Å²) in [5, 5.41) is 14.8. The van der Waals surface area contributed by atoms with Crippen molar-refractivity contribution in [3.63, 3.8) is 0 Å². The van der Waals surface area contributed by atoms with Gasteiger partial charge in [0.05, 0.1) is 11.3 Å². The van der Waals surface area contributed by atoms with Gasteiger partial charge >= 0.3 is 0 Å². The number of benzene rings is 1. The minimum Gasteiger partial charge on any atom is -0.363 e. The van der Waals surface area contributed by atoms with Crippen molar-refractivity contribution >= 4 is 34.1 Å². The van der Waals surface area contributed by atoms with Crippen LogP contribution in [0.2, 0.25) is 0 Å². The highest BCUT2D eigenvalue weighted by molar-refractivity contribution is 8.02. The van der Waals surface area contributed by atoms with Crippen molar-refractivity contribution in [1.29, 1.82) is 0 Å². The molecule has 0 radical (unpaired) electrons. The van der Waals surface area contributed by atoms with E-state index in [0.717, 1.165) is 28.7 Å². The molecular weight excluding hydrogens is 328 g/mol. The molecule has 0 fully saturated rings. The number of anilines is 1. The third kappa shape index (κ3) is 3.84. The number of hydrogen-bond donors (Lipinski definition) is 2. The number of nitrogens with zero attached hydrogens (tertiary/aromatic N) is 2. The van der Waals surface area contributed by atoms with Crippen molar-refractivity contribution in [2.24, 2.45) is 0 Å². The topological polar surface area (TPSA) is 66.9 Å². The first-order valence-corrected chi connectivity index (χ1v) is 9.43. The van der Waals surface area contributed by atoms with Crippen molar-refractivity contribution in [3.05, 3.63) is 35.4 Å². The van der Waals surface area contributed by atoms with Crippen molar-refractivity contribution in [3.8, 4) is 0 Å². The largest absolute Gasteiger partial charge is 0.363 e. The maximum atomic E-state index is 12.5. The molecule has 7 heteroatoms. The molecule has 1 aromatic carbocycles. The predicted octanol–water partition coefficient (Wildman–Crippen LogP) is 3.25. The monoisotopic (exact) mass is 348 g/mol. The van der Waals surface area contributed by atoms with Gasteiger partial charge in [-0.15, -0.1) is 10.2 Å². The van der Waals surface area contributed by atoms with E-state index in [-0.39, 0.29) is 17.2 Å². The van der Waals surface area contributed by atoms with Gasteiger partial charge in [0, 0.05) is 7.05 Å². The van der Waals surface area contributed by atoms with Crippen LogP contribution in [0.25, 0.3) is 0 Å². The molecule has 0 spiro atoms. The Kier molecular flexibility index (Phi) is 5.17. The average Bonchev–Trinajstić information content (AvgIpc) is 3.02. The zero-order valence-corrected chi connectivity index (χ0v) is 14.8. The molecule has 122 valence electrons. The molecule has 1 heterocycles. The molecule has 5 nitrogen and oxygen atoms in total. The molecule has 2 unspecified atom stereocenters. The van der Waals surface area contributed by atoms with Crippen LogP contribution in [-0.2, 0) is 11.2 Å². The van der Waals surface area contributed by atoms with Crippen LogP contribution in [0.3, 0.4) is 0 Å². The Hall–Kier alpha value is -1.60. The number of carbonyl (C=O) groups is 1. The third-order valence-electron chi connectivity index (χ3n) is 3.95. The third-order valence-corrected chi connectivity index (χ3v) is 6.08. The van der Waals surface area contributed by atoms with Crippen LogP contribution in [0.1, 0.15) is 36.9 Å². The van der Waals surface area contributed by atoms with Gasteiger partial charge in [-0.05, 0) is 37.3 Å². The van der Waals surface area contributed by atoms with Crippen LogP contribution in [-0.4, -0.2) is 28.4 Å². The van der Waals surface area contributed by atoms with E-state index in [1.54, 1.807) is 0 Å². The van der Waals surface area contributed by atoms with Gasteiger partial charge in [0.1, 0.15) is 0 Å². The summed E-state index contributed by atoms with van der Waals surface area (Å²) >= 11 is 2.91. The van der Waals surface area contributed by atoms with Crippen LogP contribution in [0, 0.1) is 0 Å². The molecular formula is C16H20N4OS2. The summed E-state index contributed by atoms with van der Waals surface area (Å²) in [7, 11) is 1.81. The molecule has 0 saturated heterocycles. The number of carbonyl (C=O) groups excluding carboxylic acids is 1. The summed E-state index contributed by atoms with van der Waals surface area (Å²) in [6.07, 6.45) is 3.22. The van der Waals surface area contributed by atoms with Gasteiger partial charge < -0.3 is 10.6 Å². The highest BCUT2D eigenvalue weighted by atomic mass is 32.2. The van der Waals surface area contributed by atoms with Crippen LogP contribution >= 0.6 is 23.1 Å². The Morgan fingerprint density at radius 1 is 1.39 bits per heavy atom. The van der Waals surface area contributed by atoms with Gasteiger partial charge in [-0.3, -0.25) is 4.79 Å². The number of rotatable bonds is 5. The van der Waals surface area contributed by atoms with Crippen LogP contribution in [0.5, 0.6) is 0 Å². The summed E-state index contributed by atoms with van der Waals surface area (Å²) in [5.41, 5.74) is 2.62. The fourth-order valence-electron chi connectivity index (χ4n) is 2.76. The van der Waals surface area contributed by atoms with E-state index in [1.807, 2.05) is 20.0 Å². The summed E-state index contributed by atoms with van der Waals surface area (Å²) in [6, 6.07) is 8.52. The SMILES string of the molecule is CNc1nnc(SC(C)C(=O)NC2CCCc3ccccc32)s1. The molecule has 2 N–H and O–H groups in total. The molecule has 2 aromatic rings. The van der Waals surface area contributed by atoms with Gasteiger partial charge in [0.15, 0.2) is 4.34 Å². The molecule has 1 aliphatic carbocycles. The molecule has 0 saturated carbocycles. The second-order valence-corrected chi connectivity index (χ2v) is 8.10. The highest BCUT2D eigenvalue weighted by Gasteiger charge is 2.24. The first-order valence-electron chi connectivity index (χ1n) is 7.73. The summed E-state index contributed by atoms with van der Waals surface area (Å²) in [6.45, 7) is 1.91. The lowest BCUT2D eigenvalue weighted by molar-refractivity contribution is -0.121. The maximum Gasteiger partial charge on any atom is 0.233 e. The van der Waals surface area contributed by atoms with Gasteiger partial charge in [0.2, 0.25) is 11.0 Å². The highest BCUT2D eigenvalue weighted by Crippen LogP contribution is 2.32. The standard InChI is InChI=1S/C16H20N4OS2/c1-10(22-16-20-19-15(17-2)23-16)14(21)18-13-9-5-7-11-6-3-4-8-12(11)13/h3-4,6,8,10,13H,5,7,9H2,1-2H3,(H,17,19)(H,18,21). The summed E-state index contributed by atoms with van der Waals surface area (Å²) in [5.74, 6) is 0.0536. The fourth-order valence-corrected chi connectivity index (χ4v) is 4.61. The van der Waals surface area contributed by atoms with E-state index in [4.69, 9.17) is 0 Å². The Morgan fingerprint density at radius 3 is 3.00 bits per heavy atom. The van der Waals surface area contributed by atoms with Crippen LogP contribution < -0.4 is 10.6 Å². The minimum absolute atomic E-state index is 0.0536. The lowest BCUT2D eigenvalue weighted by Gasteiger charge is -2.27. The van der Waals surface area contributed by atoms with E-state index in [0.29, 0.717) is 0 Å². The minimum atomic E-state index is -0.193. The van der Waals surface area contributed by atoms with Crippen molar-refractivity contribution < 1.29 is 4.79 Å². The molecule has 1 aromatic heterocycles. The molecule has 0 bridgehead atoms. The number of aromatic nitrogens is 2. The Morgan fingerprint density at radius 2 is 2.22 bits per heavy atom. The zero-order valence-electron chi connectivity index (χ0n) is 13.2. The molecule has 2 atom stereocenters. The van der Waals surface area contributed by atoms with Gasteiger partial charge in [-0.2, -0.15) is 0 Å². The maximum absolute atomic E-state index is 12.5. The van der Waals surface area contributed by atoms with Crippen LogP contribution in [0.15, 0.2) is 28.6 Å². The molecule has 23 heavy (non-hydrogen) atoms. The predicted molar refractivity (Wildman–Crippen MR) is 95.0 cm³/mol. The summed E-state index contributed by atoms with van der Waals surface area (Å²) < 4.78 is 0.807. The number of fused-ring (bicyclic) bond motifs is 1. The number of aryl methyl sites for hydroxylation is 1. The Bertz CT molecular complexity index is 688. The smallest absolute Gasteiger partial charge is 0.233 e. The second kappa shape index (κ2) is 7.31. The second-order valence-electron chi connectivity index (χ2n) is 5.54. The fraction of sp³-hybridized carbons (Fsp3) is 0.438. The van der Waals surface area contributed by atoms with Crippen LogP contribution in [0.4, 0.5) is 5.13 Å². The van der Waals surface area contributed by atoms with E-state index < -0.39 is 0 Å². The number of amides is 1. The number of nitrogens with one attached hydrogen (secondary N) is 2. The van der Waals surface area contributed by atoms with E-state index in [2.05, 4.69) is 39.0 Å². The quantitative estimate of drug-likeness (QED) is 0.812. The normalized spacial score (nSPS) is 18.1. The molecule has 0 aliphatic heterocycles. The molecule has 1 amide bonds. The van der Waals surface area contributed by atoms with E-state index in [9.17, 15) is 4.79 Å². The molecule has 1 aliphatic rings. The van der Waals surface area contributed by atoms with Gasteiger partial charge in [0.25, 0.3) is 0 Å². The number of hydrogen-bond acceptors (Lipinski definition) is 6. The lowest BCUT2D eigenvalue weighted by atomic mass is 9.88. The van der Waals surface area contributed by atoms with Gasteiger partial charge in [-0.1, -0.05) is 47.4 Å². The van der Waals surface area contributed by atoms with Crippen molar-refractivity contribution in [2.75, 3.05) is 12.4 Å². The van der Waals surface area contributed by atoms with E-state index in [1.165, 1.54) is 34.2 Å².